The van der Waals surface area contributed by atoms with Gasteiger partial charge in [-0.25, -0.2) is 4.39 Å². The van der Waals surface area contributed by atoms with Crippen molar-refractivity contribution in [2.45, 2.75) is 25.5 Å². The molecule has 1 aliphatic heterocycles. The Morgan fingerprint density at radius 1 is 1.38 bits per heavy atom. The minimum absolute atomic E-state index is 0.0699. The summed E-state index contributed by atoms with van der Waals surface area (Å²) in [6.07, 6.45) is 5.06. The topological polar surface area (TPSA) is 62.7 Å². The summed E-state index contributed by atoms with van der Waals surface area (Å²) in [5, 5.41) is 9.91. The molecule has 1 aliphatic rings. The number of carbonyl (C=O) groups is 1. The van der Waals surface area contributed by atoms with E-state index in [0.29, 0.717) is 13.2 Å². The number of hydrogen-bond acceptors (Lipinski definition) is 4. The molecule has 0 aliphatic carbocycles. The number of benzene rings is 1. The van der Waals surface area contributed by atoms with Gasteiger partial charge in [0.15, 0.2) is 0 Å². The van der Waals surface area contributed by atoms with Gasteiger partial charge in [-0.3, -0.25) is 9.78 Å². The summed E-state index contributed by atoms with van der Waals surface area (Å²) in [6, 6.07) is 7.48. The third kappa shape index (κ3) is 3.71. The molecule has 2 heterocycles. The van der Waals surface area contributed by atoms with Crippen LogP contribution in [0.15, 0.2) is 42.7 Å². The number of phenols is 1. The molecular formula is C18H19FN2O3. The molecule has 3 rings (SSSR count). The fourth-order valence-electron chi connectivity index (χ4n) is 2.85. The molecule has 1 aromatic carbocycles. The molecule has 1 fully saturated rings. The Bertz CT molecular complexity index is 682. The molecule has 1 atom stereocenters. The van der Waals surface area contributed by atoms with Crippen molar-refractivity contribution >= 4 is 5.91 Å². The van der Waals surface area contributed by atoms with E-state index in [1.165, 1.54) is 23.1 Å². The molecule has 0 saturated carbocycles. The standard InChI is InChI=1S/C18H19FN2O3/c19-15-6-1-7-16(22)17(15)18(23)21(12-14-5-3-9-24-14)11-13-4-2-8-20-10-13/h1-2,4,6-8,10,14,22H,3,5,9,11-12H2/t14-/m1/s1. The van der Waals surface area contributed by atoms with Crippen molar-refractivity contribution in [1.82, 2.24) is 9.88 Å². The van der Waals surface area contributed by atoms with Crippen LogP contribution < -0.4 is 0 Å². The second-order valence-corrected chi connectivity index (χ2v) is 5.82. The Labute approximate surface area is 139 Å². The number of rotatable bonds is 5. The first-order valence-corrected chi connectivity index (χ1v) is 7.92. The van der Waals surface area contributed by atoms with E-state index in [2.05, 4.69) is 4.98 Å². The molecule has 24 heavy (non-hydrogen) atoms. The highest BCUT2D eigenvalue weighted by molar-refractivity contribution is 5.97. The summed E-state index contributed by atoms with van der Waals surface area (Å²) in [7, 11) is 0. The van der Waals surface area contributed by atoms with E-state index in [9.17, 15) is 14.3 Å². The third-order valence-corrected chi connectivity index (χ3v) is 4.04. The summed E-state index contributed by atoms with van der Waals surface area (Å²) < 4.78 is 19.7. The van der Waals surface area contributed by atoms with Crippen LogP contribution in [0.3, 0.4) is 0 Å². The van der Waals surface area contributed by atoms with Gasteiger partial charge in [-0.15, -0.1) is 0 Å². The second-order valence-electron chi connectivity index (χ2n) is 5.82. The van der Waals surface area contributed by atoms with Gasteiger partial charge in [0.1, 0.15) is 17.1 Å². The summed E-state index contributed by atoms with van der Waals surface area (Å²) in [5.41, 5.74) is 0.527. The Hall–Kier alpha value is -2.47. The minimum Gasteiger partial charge on any atom is -0.507 e. The number of pyridine rings is 1. The molecule has 6 heteroatoms. The first kappa shape index (κ1) is 16.4. The molecule has 2 aromatic rings. The number of aromatic nitrogens is 1. The zero-order valence-corrected chi connectivity index (χ0v) is 13.2. The largest absolute Gasteiger partial charge is 0.507 e. The SMILES string of the molecule is O=C(c1c(O)cccc1F)N(Cc1cccnc1)C[C@H]1CCCO1. The molecule has 126 valence electrons. The number of halogens is 1. The molecule has 1 N–H and O–H groups in total. The van der Waals surface area contributed by atoms with Crippen LogP contribution in [0, 0.1) is 5.82 Å². The van der Waals surface area contributed by atoms with Crippen LogP contribution in [0.5, 0.6) is 5.75 Å². The smallest absolute Gasteiger partial charge is 0.261 e. The highest BCUT2D eigenvalue weighted by Crippen LogP contribution is 2.24. The van der Waals surface area contributed by atoms with Gasteiger partial charge in [0.25, 0.3) is 5.91 Å². The van der Waals surface area contributed by atoms with E-state index < -0.39 is 11.7 Å². The number of ether oxygens (including phenoxy) is 1. The molecule has 0 unspecified atom stereocenters. The molecule has 1 amide bonds. The Balaban J connectivity index is 1.86. The lowest BCUT2D eigenvalue weighted by Crippen LogP contribution is -2.37. The van der Waals surface area contributed by atoms with Gasteiger partial charge in [0, 0.05) is 32.1 Å². The van der Waals surface area contributed by atoms with Crippen molar-refractivity contribution in [1.29, 1.82) is 0 Å². The maximum Gasteiger partial charge on any atom is 0.261 e. The van der Waals surface area contributed by atoms with Crippen LogP contribution in [0.4, 0.5) is 4.39 Å². The van der Waals surface area contributed by atoms with Gasteiger partial charge >= 0.3 is 0 Å². The van der Waals surface area contributed by atoms with Gasteiger partial charge in [-0.05, 0) is 36.6 Å². The Morgan fingerprint density at radius 3 is 2.92 bits per heavy atom. The Morgan fingerprint density at radius 2 is 2.25 bits per heavy atom. The fraction of sp³-hybridized carbons (Fsp3) is 0.333. The van der Waals surface area contributed by atoms with E-state index in [0.717, 1.165) is 18.4 Å². The van der Waals surface area contributed by atoms with Crippen molar-refractivity contribution in [2.75, 3.05) is 13.2 Å². The highest BCUT2D eigenvalue weighted by atomic mass is 19.1. The molecule has 1 saturated heterocycles. The molecule has 1 aromatic heterocycles. The van der Waals surface area contributed by atoms with E-state index in [1.807, 2.05) is 6.07 Å². The van der Waals surface area contributed by atoms with E-state index in [-0.39, 0.29) is 24.0 Å². The minimum atomic E-state index is -0.733. The zero-order chi connectivity index (χ0) is 16.9. The highest BCUT2D eigenvalue weighted by Gasteiger charge is 2.27. The predicted molar refractivity (Wildman–Crippen MR) is 86.0 cm³/mol. The average Bonchev–Trinajstić information content (AvgIpc) is 3.08. The zero-order valence-electron chi connectivity index (χ0n) is 13.2. The molecule has 0 radical (unpaired) electrons. The maximum atomic E-state index is 14.1. The number of phenolic OH excluding ortho intramolecular Hbond substituents is 1. The summed E-state index contributed by atoms with van der Waals surface area (Å²) in [4.78, 5) is 18.4. The lowest BCUT2D eigenvalue weighted by atomic mass is 10.1. The van der Waals surface area contributed by atoms with Gasteiger partial charge in [-0.1, -0.05) is 12.1 Å². The van der Waals surface area contributed by atoms with Crippen LogP contribution in [-0.4, -0.2) is 40.2 Å². The summed E-state index contributed by atoms with van der Waals surface area (Å²) in [5.74, 6) is -1.64. The summed E-state index contributed by atoms with van der Waals surface area (Å²) >= 11 is 0. The summed E-state index contributed by atoms with van der Waals surface area (Å²) in [6.45, 7) is 1.30. The van der Waals surface area contributed by atoms with Gasteiger partial charge < -0.3 is 14.7 Å². The van der Waals surface area contributed by atoms with Crippen molar-refractivity contribution in [2.24, 2.45) is 0 Å². The van der Waals surface area contributed by atoms with E-state index in [4.69, 9.17) is 4.74 Å². The maximum absolute atomic E-state index is 14.1. The van der Waals surface area contributed by atoms with Gasteiger partial charge in [0.2, 0.25) is 0 Å². The molecule has 0 spiro atoms. The average molecular weight is 330 g/mol. The number of nitrogens with zero attached hydrogens (tertiary/aromatic N) is 2. The lowest BCUT2D eigenvalue weighted by Gasteiger charge is -2.26. The number of carbonyl (C=O) groups excluding carboxylic acids is 1. The van der Waals surface area contributed by atoms with Gasteiger partial charge in [-0.2, -0.15) is 0 Å². The molecule has 5 nitrogen and oxygen atoms in total. The Kier molecular flexibility index (Phi) is 5.05. The lowest BCUT2D eigenvalue weighted by molar-refractivity contribution is 0.0501. The first-order valence-electron chi connectivity index (χ1n) is 7.92. The fourth-order valence-corrected chi connectivity index (χ4v) is 2.85. The van der Waals surface area contributed by atoms with Gasteiger partial charge in [0.05, 0.1) is 6.10 Å². The number of hydrogen-bond donors (Lipinski definition) is 1. The van der Waals surface area contributed by atoms with Crippen LogP contribution in [0.25, 0.3) is 0 Å². The predicted octanol–water partition coefficient (Wildman–Crippen LogP) is 2.75. The van der Waals surface area contributed by atoms with Crippen LogP contribution in [-0.2, 0) is 11.3 Å². The quantitative estimate of drug-likeness (QED) is 0.916. The monoisotopic (exact) mass is 330 g/mol. The van der Waals surface area contributed by atoms with E-state index >= 15 is 0 Å². The second kappa shape index (κ2) is 7.40. The number of amides is 1. The van der Waals surface area contributed by atoms with Crippen LogP contribution in [0.1, 0.15) is 28.8 Å². The normalized spacial score (nSPS) is 17.0. The van der Waals surface area contributed by atoms with Crippen molar-refractivity contribution in [3.8, 4) is 5.75 Å². The van der Waals surface area contributed by atoms with E-state index in [1.54, 1.807) is 18.5 Å². The first-order chi connectivity index (χ1) is 11.6. The molecule has 0 bridgehead atoms. The van der Waals surface area contributed by atoms with Crippen LogP contribution in [0.2, 0.25) is 0 Å². The van der Waals surface area contributed by atoms with Crippen LogP contribution >= 0.6 is 0 Å². The third-order valence-electron chi connectivity index (χ3n) is 4.04. The van der Waals surface area contributed by atoms with Crippen molar-refractivity contribution < 1.29 is 19.0 Å². The molecular weight excluding hydrogens is 311 g/mol. The van der Waals surface area contributed by atoms with Crippen molar-refractivity contribution in [3.63, 3.8) is 0 Å². The van der Waals surface area contributed by atoms with Crippen molar-refractivity contribution in [3.05, 3.63) is 59.7 Å². The number of aromatic hydroxyl groups is 1.